The van der Waals surface area contributed by atoms with Crippen molar-refractivity contribution in [2.45, 2.75) is 13.0 Å². The minimum atomic E-state index is -0.584. The molecule has 1 atom stereocenters. The molecule has 1 N–H and O–H groups in total. The Balaban J connectivity index is 1.53. The Morgan fingerprint density at radius 3 is 2.38 bits per heavy atom. The molecule has 2 amide bonds. The van der Waals surface area contributed by atoms with Gasteiger partial charge in [-0.1, -0.05) is 17.7 Å². The number of carbonyl (C=O) groups is 2. The van der Waals surface area contributed by atoms with Gasteiger partial charge in [0.25, 0.3) is 5.91 Å². The zero-order chi connectivity index (χ0) is 18.5. The lowest BCUT2D eigenvalue weighted by Crippen LogP contribution is -2.54. The summed E-state index contributed by atoms with van der Waals surface area (Å²) >= 11 is 5.83. The second-order valence-corrected chi connectivity index (χ2v) is 6.64. The fourth-order valence-corrected chi connectivity index (χ4v) is 3.04. The Hall–Kier alpha value is -2.60. The van der Waals surface area contributed by atoms with E-state index in [0.29, 0.717) is 23.7 Å². The monoisotopic (exact) mass is 372 g/mol. The molecule has 1 unspecified atom stereocenters. The number of halogens is 1. The van der Waals surface area contributed by atoms with Crippen molar-refractivity contribution in [3.05, 3.63) is 59.2 Å². The van der Waals surface area contributed by atoms with Gasteiger partial charge in [0, 0.05) is 43.0 Å². The van der Waals surface area contributed by atoms with Gasteiger partial charge >= 0.3 is 0 Å². The molecule has 2 heterocycles. The van der Waals surface area contributed by atoms with E-state index in [0.717, 1.165) is 18.9 Å². The van der Waals surface area contributed by atoms with Crippen molar-refractivity contribution < 1.29 is 9.59 Å². The number of carbonyl (C=O) groups excluding carboxylic acids is 2. The first kappa shape index (κ1) is 18.2. The predicted molar refractivity (Wildman–Crippen MR) is 101 cm³/mol. The number of nitrogens with zero attached hydrogens (tertiary/aromatic N) is 3. The Kier molecular flexibility index (Phi) is 5.73. The van der Waals surface area contributed by atoms with Crippen LogP contribution in [0.4, 0.5) is 5.82 Å². The predicted octanol–water partition coefficient (Wildman–Crippen LogP) is 2.20. The highest BCUT2D eigenvalue weighted by Gasteiger charge is 2.26. The summed E-state index contributed by atoms with van der Waals surface area (Å²) in [5.74, 6) is 0.561. The van der Waals surface area contributed by atoms with Crippen LogP contribution in [-0.4, -0.2) is 53.9 Å². The van der Waals surface area contributed by atoms with Gasteiger partial charge in [-0.05, 0) is 43.3 Å². The van der Waals surface area contributed by atoms with Crippen LogP contribution in [0.5, 0.6) is 0 Å². The first-order valence-electron chi connectivity index (χ1n) is 8.56. The number of nitrogens with one attached hydrogen (secondary N) is 1. The Bertz CT molecular complexity index is 759. The summed E-state index contributed by atoms with van der Waals surface area (Å²) in [6.45, 7) is 4.37. The summed E-state index contributed by atoms with van der Waals surface area (Å²) < 4.78 is 0. The number of anilines is 1. The van der Waals surface area contributed by atoms with Crippen molar-refractivity contribution in [2.75, 3.05) is 31.1 Å². The molecule has 1 saturated heterocycles. The molecule has 136 valence electrons. The number of rotatable bonds is 4. The summed E-state index contributed by atoms with van der Waals surface area (Å²) in [5.41, 5.74) is 0.481. The van der Waals surface area contributed by atoms with Crippen LogP contribution in [0.25, 0.3) is 0 Å². The van der Waals surface area contributed by atoms with Crippen molar-refractivity contribution in [3.63, 3.8) is 0 Å². The van der Waals surface area contributed by atoms with Gasteiger partial charge in [-0.3, -0.25) is 9.59 Å². The quantitative estimate of drug-likeness (QED) is 0.893. The topological polar surface area (TPSA) is 65.5 Å². The Labute approximate surface area is 157 Å². The molecule has 1 aromatic carbocycles. The van der Waals surface area contributed by atoms with Crippen molar-refractivity contribution in [1.82, 2.24) is 15.2 Å². The Morgan fingerprint density at radius 2 is 1.77 bits per heavy atom. The van der Waals surface area contributed by atoms with E-state index in [1.807, 2.05) is 18.2 Å². The number of piperazine rings is 1. The highest BCUT2D eigenvalue weighted by Crippen LogP contribution is 2.13. The van der Waals surface area contributed by atoms with Gasteiger partial charge in [-0.15, -0.1) is 0 Å². The molecular weight excluding hydrogens is 352 g/mol. The van der Waals surface area contributed by atoms with Gasteiger partial charge in [0.2, 0.25) is 5.91 Å². The van der Waals surface area contributed by atoms with Crippen molar-refractivity contribution >= 4 is 29.2 Å². The normalized spacial score (nSPS) is 15.5. The van der Waals surface area contributed by atoms with Crippen LogP contribution in [0.3, 0.4) is 0 Å². The summed E-state index contributed by atoms with van der Waals surface area (Å²) in [6, 6.07) is 11.8. The largest absolute Gasteiger partial charge is 0.353 e. The number of amides is 2. The van der Waals surface area contributed by atoms with Crippen LogP contribution in [0.15, 0.2) is 48.7 Å². The average Bonchev–Trinajstić information content (AvgIpc) is 2.68. The molecule has 6 nitrogen and oxygen atoms in total. The lowest BCUT2D eigenvalue weighted by atomic mass is 10.2. The fraction of sp³-hybridized carbons (Fsp3) is 0.316. The van der Waals surface area contributed by atoms with Crippen LogP contribution in [0.1, 0.15) is 17.3 Å². The fourth-order valence-electron chi connectivity index (χ4n) is 2.91. The second kappa shape index (κ2) is 8.19. The highest BCUT2D eigenvalue weighted by molar-refractivity contribution is 6.30. The lowest BCUT2D eigenvalue weighted by Gasteiger charge is -2.36. The van der Waals surface area contributed by atoms with Gasteiger partial charge in [0.05, 0.1) is 0 Å². The van der Waals surface area contributed by atoms with Crippen LogP contribution >= 0.6 is 11.6 Å². The number of aromatic nitrogens is 1. The average molecular weight is 373 g/mol. The number of hydrogen-bond acceptors (Lipinski definition) is 4. The molecule has 0 bridgehead atoms. The highest BCUT2D eigenvalue weighted by atomic mass is 35.5. The molecule has 1 aromatic heterocycles. The molecule has 3 rings (SSSR count). The van der Waals surface area contributed by atoms with E-state index >= 15 is 0 Å². The molecular formula is C19H21ClN4O2. The zero-order valence-electron chi connectivity index (χ0n) is 14.6. The summed E-state index contributed by atoms with van der Waals surface area (Å²) in [7, 11) is 0. The van der Waals surface area contributed by atoms with E-state index in [2.05, 4.69) is 15.2 Å². The molecule has 0 spiro atoms. The van der Waals surface area contributed by atoms with Gasteiger partial charge < -0.3 is 15.1 Å². The lowest BCUT2D eigenvalue weighted by molar-refractivity contribution is -0.133. The molecule has 2 aromatic rings. The van der Waals surface area contributed by atoms with Gasteiger partial charge in [0.1, 0.15) is 11.9 Å². The maximum atomic E-state index is 12.6. The molecule has 1 aliphatic rings. The molecule has 0 aliphatic carbocycles. The van der Waals surface area contributed by atoms with Crippen LogP contribution in [0, 0.1) is 0 Å². The SMILES string of the molecule is CC(NC(=O)c1ccc(Cl)cc1)C(=O)N1CCN(c2ccccn2)CC1. The van der Waals surface area contributed by atoms with Gasteiger partial charge in [-0.2, -0.15) is 0 Å². The van der Waals surface area contributed by atoms with Crippen molar-refractivity contribution in [3.8, 4) is 0 Å². The zero-order valence-corrected chi connectivity index (χ0v) is 15.3. The van der Waals surface area contributed by atoms with E-state index in [4.69, 9.17) is 11.6 Å². The van der Waals surface area contributed by atoms with E-state index in [9.17, 15) is 9.59 Å². The van der Waals surface area contributed by atoms with E-state index in [1.165, 1.54) is 0 Å². The van der Waals surface area contributed by atoms with Crippen LogP contribution in [0.2, 0.25) is 5.02 Å². The third-order valence-corrected chi connectivity index (χ3v) is 4.64. The maximum absolute atomic E-state index is 12.6. The van der Waals surface area contributed by atoms with E-state index in [-0.39, 0.29) is 11.8 Å². The smallest absolute Gasteiger partial charge is 0.251 e. The second-order valence-electron chi connectivity index (χ2n) is 6.20. The number of pyridine rings is 1. The number of benzene rings is 1. The molecule has 0 saturated carbocycles. The van der Waals surface area contributed by atoms with Crippen molar-refractivity contribution in [2.24, 2.45) is 0 Å². The maximum Gasteiger partial charge on any atom is 0.251 e. The van der Waals surface area contributed by atoms with E-state index in [1.54, 1.807) is 42.3 Å². The van der Waals surface area contributed by atoms with Gasteiger partial charge in [-0.25, -0.2) is 4.98 Å². The summed E-state index contributed by atoms with van der Waals surface area (Å²) in [6.07, 6.45) is 1.77. The standard InChI is InChI=1S/C19H21ClN4O2/c1-14(22-18(25)15-5-7-16(20)8-6-15)19(26)24-12-10-23(11-13-24)17-4-2-3-9-21-17/h2-9,14H,10-13H2,1H3,(H,22,25). The first-order chi connectivity index (χ1) is 12.5. The summed E-state index contributed by atoms with van der Waals surface area (Å²) in [5, 5.41) is 3.32. The third-order valence-electron chi connectivity index (χ3n) is 4.39. The van der Waals surface area contributed by atoms with Crippen LogP contribution in [-0.2, 0) is 4.79 Å². The molecule has 1 aliphatic heterocycles. The van der Waals surface area contributed by atoms with Crippen LogP contribution < -0.4 is 10.2 Å². The minimum absolute atomic E-state index is 0.0759. The summed E-state index contributed by atoms with van der Waals surface area (Å²) in [4.78, 5) is 33.1. The Morgan fingerprint density at radius 1 is 1.08 bits per heavy atom. The van der Waals surface area contributed by atoms with Gasteiger partial charge in [0.15, 0.2) is 0 Å². The first-order valence-corrected chi connectivity index (χ1v) is 8.93. The minimum Gasteiger partial charge on any atom is -0.353 e. The number of hydrogen-bond donors (Lipinski definition) is 1. The van der Waals surface area contributed by atoms with Crippen molar-refractivity contribution in [1.29, 1.82) is 0 Å². The molecule has 1 fully saturated rings. The molecule has 0 radical (unpaired) electrons. The van der Waals surface area contributed by atoms with E-state index < -0.39 is 6.04 Å². The molecule has 7 heteroatoms. The third kappa shape index (κ3) is 4.32. The molecule has 26 heavy (non-hydrogen) atoms.